The summed E-state index contributed by atoms with van der Waals surface area (Å²) in [7, 11) is 1.38. The number of anilines is 1. The zero-order valence-corrected chi connectivity index (χ0v) is 17.2. The van der Waals surface area contributed by atoms with E-state index in [0.29, 0.717) is 23.8 Å². The molecule has 0 unspecified atom stereocenters. The van der Waals surface area contributed by atoms with Crippen molar-refractivity contribution in [1.82, 2.24) is 5.32 Å². The summed E-state index contributed by atoms with van der Waals surface area (Å²) in [6.45, 7) is 0.266. The monoisotopic (exact) mass is 435 g/mol. The molecule has 2 amide bonds. The first-order valence-corrected chi connectivity index (χ1v) is 9.86. The smallest absolute Gasteiger partial charge is 0.256 e. The van der Waals surface area contributed by atoms with Gasteiger partial charge in [0.1, 0.15) is 5.56 Å². The first-order valence-electron chi connectivity index (χ1n) is 9.48. The van der Waals surface area contributed by atoms with E-state index >= 15 is 0 Å². The fraction of sp³-hybridized carbons (Fsp3) is 0.333. The number of benzene rings is 2. The van der Waals surface area contributed by atoms with Gasteiger partial charge in [0.05, 0.1) is 31.0 Å². The minimum absolute atomic E-state index is 0.0670. The molecule has 30 heavy (non-hydrogen) atoms. The van der Waals surface area contributed by atoms with Crippen molar-refractivity contribution in [2.45, 2.75) is 19.4 Å². The largest absolute Gasteiger partial charge is 0.494 e. The van der Waals surface area contributed by atoms with Crippen molar-refractivity contribution >= 4 is 29.1 Å². The second kappa shape index (κ2) is 9.77. The van der Waals surface area contributed by atoms with Crippen molar-refractivity contribution in [2.24, 2.45) is 11.7 Å². The van der Waals surface area contributed by atoms with Gasteiger partial charge in [0.15, 0.2) is 17.3 Å². The number of hydrogen-bond donors (Lipinski definition) is 3. The van der Waals surface area contributed by atoms with Gasteiger partial charge in [-0.1, -0.05) is 17.7 Å². The lowest BCUT2D eigenvalue weighted by Crippen LogP contribution is -2.26. The number of hydrogen-bond acceptors (Lipinski definition) is 5. The van der Waals surface area contributed by atoms with Crippen LogP contribution in [0, 0.1) is 11.7 Å². The van der Waals surface area contributed by atoms with Crippen LogP contribution in [0.2, 0.25) is 5.02 Å². The van der Waals surface area contributed by atoms with E-state index in [2.05, 4.69) is 10.6 Å². The zero-order chi connectivity index (χ0) is 21.7. The maximum atomic E-state index is 13.9. The molecular formula is C21H23ClFN3O4. The molecule has 7 nitrogen and oxygen atoms in total. The first-order chi connectivity index (χ1) is 14.4. The minimum Gasteiger partial charge on any atom is -0.494 e. The fourth-order valence-corrected chi connectivity index (χ4v) is 3.03. The van der Waals surface area contributed by atoms with E-state index in [4.69, 9.17) is 26.8 Å². The van der Waals surface area contributed by atoms with Gasteiger partial charge < -0.3 is 25.8 Å². The van der Waals surface area contributed by atoms with Crippen LogP contribution < -0.4 is 25.8 Å². The Morgan fingerprint density at radius 2 is 2.03 bits per heavy atom. The summed E-state index contributed by atoms with van der Waals surface area (Å²) in [5, 5.41) is 5.51. The van der Waals surface area contributed by atoms with Gasteiger partial charge in [0.2, 0.25) is 5.91 Å². The number of rotatable bonds is 9. The highest BCUT2D eigenvalue weighted by molar-refractivity contribution is 6.34. The summed E-state index contributed by atoms with van der Waals surface area (Å²) < 4.78 is 24.6. The van der Waals surface area contributed by atoms with Crippen LogP contribution in [0.1, 0.15) is 28.8 Å². The molecule has 0 spiro atoms. The average Bonchev–Trinajstić information content (AvgIpc) is 3.56. The van der Waals surface area contributed by atoms with Gasteiger partial charge in [0, 0.05) is 6.54 Å². The third-order valence-electron chi connectivity index (χ3n) is 4.62. The standard InChI is InChI=1S/C21H23ClFN3O4/c1-29-17-7-4-13(8-15(17)23)10-25-21(28)19-14(22)5-6-16(26-18(27)9-24)20(19)30-11-12-2-3-12/h4-8,12H,2-3,9-11,24H2,1H3,(H,25,28)(H,26,27). The third-order valence-corrected chi connectivity index (χ3v) is 4.94. The molecule has 0 saturated heterocycles. The maximum absolute atomic E-state index is 13.9. The number of halogens is 2. The molecule has 0 aromatic heterocycles. The lowest BCUT2D eigenvalue weighted by Gasteiger charge is -2.17. The number of carbonyl (C=O) groups excluding carboxylic acids is 2. The molecule has 1 saturated carbocycles. The van der Waals surface area contributed by atoms with Crippen molar-refractivity contribution in [1.29, 1.82) is 0 Å². The Morgan fingerprint density at radius 1 is 1.27 bits per heavy atom. The predicted octanol–water partition coefficient (Wildman–Crippen LogP) is 3.10. The maximum Gasteiger partial charge on any atom is 0.256 e. The molecule has 2 aromatic carbocycles. The Kier molecular flexibility index (Phi) is 7.12. The Balaban J connectivity index is 1.82. The Bertz CT molecular complexity index is 950. The normalized spacial score (nSPS) is 12.9. The van der Waals surface area contributed by atoms with Crippen molar-refractivity contribution in [3.05, 3.63) is 52.3 Å². The molecule has 2 aromatic rings. The van der Waals surface area contributed by atoms with Crippen molar-refractivity contribution in [3.8, 4) is 11.5 Å². The number of methoxy groups -OCH3 is 1. The van der Waals surface area contributed by atoms with Crippen molar-refractivity contribution < 1.29 is 23.5 Å². The van der Waals surface area contributed by atoms with E-state index in [1.54, 1.807) is 12.1 Å². The molecule has 1 aliphatic rings. The zero-order valence-electron chi connectivity index (χ0n) is 16.5. The third kappa shape index (κ3) is 5.40. The highest BCUT2D eigenvalue weighted by Crippen LogP contribution is 2.37. The summed E-state index contributed by atoms with van der Waals surface area (Å²) in [5.74, 6) is -0.733. The summed E-state index contributed by atoms with van der Waals surface area (Å²) in [6, 6.07) is 7.47. The molecule has 160 valence electrons. The highest BCUT2D eigenvalue weighted by atomic mass is 35.5. The van der Waals surface area contributed by atoms with Crippen molar-refractivity contribution in [3.63, 3.8) is 0 Å². The molecule has 3 rings (SSSR count). The quantitative estimate of drug-likeness (QED) is 0.561. The summed E-state index contributed by atoms with van der Waals surface area (Å²) >= 11 is 6.29. The van der Waals surface area contributed by atoms with Crippen LogP contribution in [0.3, 0.4) is 0 Å². The van der Waals surface area contributed by atoms with Gasteiger partial charge in [-0.3, -0.25) is 9.59 Å². The van der Waals surface area contributed by atoms with Crippen molar-refractivity contribution in [2.75, 3.05) is 25.6 Å². The highest BCUT2D eigenvalue weighted by Gasteiger charge is 2.26. The Morgan fingerprint density at radius 3 is 2.67 bits per heavy atom. The lowest BCUT2D eigenvalue weighted by atomic mass is 10.1. The summed E-state index contributed by atoms with van der Waals surface area (Å²) in [5.41, 5.74) is 6.34. The number of carbonyl (C=O) groups is 2. The number of amides is 2. The second-order valence-corrected chi connectivity index (χ2v) is 7.36. The number of nitrogens with one attached hydrogen (secondary N) is 2. The molecule has 0 radical (unpaired) electrons. The van der Waals surface area contributed by atoms with E-state index < -0.39 is 17.6 Å². The summed E-state index contributed by atoms with van der Waals surface area (Å²) in [4.78, 5) is 24.7. The molecule has 0 heterocycles. The fourth-order valence-electron chi connectivity index (χ4n) is 2.80. The first kappa shape index (κ1) is 21.9. The van der Waals surface area contributed by atoms with E-state index in [0.717, 1.165) is 12.8 Å². The van der Waals surface area contributed by atoms with Crippen LogP contribution in [0.25, 0.3) is 0 Å². The average molecular weight is 436 g/mol. The van der Waals surface area contributed by atoms with E-state index in [1.807, 2.05) is 0 Å². The molecule has 1 aliphatic carbocycles. The molecule has 9 heteroatoms. The molecular weight excluding hydrogens is 413 g/mol. The van der Waals surface area contributed by atoms with Crippen LogP contribution in [0.4, 0.5) is 10.1 Å². The minimum atomic E-state index is -0.526. The Hall–Kier alpha value is -2.84. The molecule has 4 N–H and O–H groups in total. The number of nitrogens with two attached hydrogens (primary N) is 1. The topological polar surface area (TPSA) is 103 Å². The number of ether oxygens (including phenoxy) is 2. The summed E-state index contributed by atoms with van der Waals surface area (Å²) in [6.07, 6.45) is 2.10. The van der Waals surface area contributed by atoms with Crippen LogP contribution in [0.5, 0.6) is 11.5 Å². The van der Waals surface area contributed by atoms with Gasteiger partial charge in [-0.15, -0.1) is 0 Å². The second-order valence-electron chi connectivity index (χ2n) is 6.96. The van der Waals surface area contributed by atoms with Crippen LogP contribution in [-0.2, 0) is 11.3 Å². The van der Waals surface area contributed by atoms with Gasteiger partial charge in [0.25, 0.3) is 5.91 Å². The molecule has 0 bridgehead atoms. The van der Waals surface area contributed by atoms with Gasteiger partial charge in [-0.05, 0) is 48.6 Å². The molecule has 0 atom stereocenters. The SMILES string of the molecule is COc1ccc(CNC(=O)c2c(Cl)ccc(NC(=O)CN)c2OCC2CC2)cc1F. The van der Waals surface area contributed by atoms with E-state index in [-0.39, 0.29) is 35.2 Å². The van der Waals surface area contributed by atoms with Gasteiger partial charge in [-0.2, -0.15) is 0 Å². The Labute approximate surface area is 178 Å². The van der Waals surface area contributed by atoms with Crippen LogP contribution in [0.15, 0.2) is 30.3 Å². The van der Waals surface area contributed by atoms with E-state index in [1.165, 1.54) is 25.3 Å². The van der Waals surface area contributed by atoms with E-state index in [9.17, 15) is 14.0 Å². The molecule has 1 fully saturated rings. The van der Waals surface area contributed by atoms with Gasteiger partial charge in [-0.25, -0.2) is 4.39 Å². The molecule has 0 aliphatic heterocycles. The van der Waals surface area contributed by atoms with Crippen LogP contribution in [-0.4, -0.2) is 32.1 Å². The van der Waals surface area contributed by atoms with Gasteiger partial charge >= 0.3 is 0 Å². The lowest BCUT2D eigenvalue weighted by molar-refractivity contribution is -0.114. The van der Waals surface area contributed by atoms with Crippen LogP contribution >= 0.6 is 11.6 Å². The predicted molar refractivity (Wildman–Crippen MR) is 111 cm³/mol.